The van der Waals surface area contributed by atoms with E-state index in [4.69, 9.17) is 18.5 Å². The van der Waals surface area contributed by atoms with Gasteiger partial charge in [0.2, 0.25) is 0 Å². The van der Waals surface area contributed by atoms with E-state index >= 15 is 0 Å². The van der Waals surface area contributed by atoms with Crippen LogP contribution in [0.25, 0.3) is 0 Å². The fraction of sp³-hybridized carbons (Fsp3) is 0.675. The van der Waals surface area contributed by atoms with Crippen molar-refractivity contribution in [2.75, 3.05) is 47.5 Å². The summed E-state index contributed by atoms with van der Waals surface area (Å²) >= 11 is 0. The van der Waals surface area contributed by atoms with Gasteiger partial charge in [-0.2, -0.15) is 0 Å². The molecule has 2 atom stereocenters. The van der Waals surface area contributed by atoms with E-state index in [9.17, 15) is 19.0 Å². The molecule has 0 fully saturated rings. The molecule has 0 aliphatic heterocycles. The summed E-state index contributed by atoms with van der Waals surface area (Å²) in [4.78, 5) is 35.9. The van der Waals surface area contributed by atoms with Crippen molar-refractivity contribution in [3.63, 3.8) is 0 Å². The number of allylic oxidation sites excluding steroid dienone is 24. The molecule has 1 N–H and O–H groups in total. The maximum Gasteiger partial charge on any atom is 0.472 e. The Morgan fingerprint density at radius 3 is 0.889 bits per heavy atom. The van der Waals surface area contributed by atoms with E-state index in [1.54, 1.807) is 0 Å². The Morgan fingerprint density at radius 2 is 0.600 bits per heavy atom. The second-order valence-electron chi connectivity index (χ2n) is 25.2. The molecule has 0 aliphatic carbocycles. The predicted octanol–water partition coefficient (Wildman–Crippen LogP) is 24.2. The van der Waals surface area contributed by atoms with E-state index in [0.29, 0.717) is 17.4 Å². The summed E-state index contributed by atoms with van der Waals surface area (Å²) in [6, 6.07) is 0. The number of likely N-dealkylation sites (N-methyl/N-ethyl adjacent to an activating group) is 1. The maximum atomic E-state index is 12.9. The second-order valence-corrected chi connectivity index (χ2v) is 26.7. The summed E-state index contributed by atoms with van der Waals surface area (Å²) in [7, 11) is 1.47. The Hall–Kier alpha value is -4.11. The van der Waals surface area contributed by atoms with E-state index in [0.717, 1.165) is 122 Å². The van der Waals surface area contributed by atoms with Gasteiger partial charge in [-0.15, -0.1) is 0 Å². The van der Waals surface area contributed by atoms with E-state index in [1.807, 2.05) is 21.1 Å². The van der Waals surface area contributed by atoms with Gasteiger partial charge in [-0.1, -0.05) is 314 Å². The molecule has 0 aromatic carbocycles. The number of hydrogen-bond acceptors (Lipinski definition) is 7. The SMILES string of the molecule is CC/C=C\C/C=C\C/C=C\C/C=C\C/C=C\C/C=C\C/C=C\CCCCCCCCCCCC(=O)OC(COC(=O)CCCCCCCCCCCCCCCCCCCCC/C=C\C/C=C\C/C=C\C/C=C\C/C=C\CC)COP(=O)(O)OCC[N+](C)(C)C. The minimum Gasteiger partial charge on any atom is -0.462 e. The number of carbonyl (C=O) groups excluding carboxylic acids is 2. The third kappa shape index (κ3) is 72.9. The molecule has 0 heterocycles. The highest BCUT2D eigenvalue weighted by Crippen LogP contribution is 2.43. The zero-order valence-corrected chi connectivity index (χ0v) is 59.5. The highest BCUT2D eigenvalue weighted by Gasteiger charge is 2.27. The molecule has 2 unspecified atom stereocenters. The molecule has 0 aromatic heterocycles. The van der Waals surface area contributed by atoms with Gasteiger partial charge < -0.3 is 18.9 Å². The Labute approximate surface area is 554 Å². The van der Waals surface area contributed by atoms with Gasteiger partial charge in [0.15, 0.2) is 6.10 Å². The predicted molar refractivity (Wildman–Crippen MR) is 390 cm³/mol. The highest BCUT2D eigenvalue weighted by atomic mass is 31.2. The maximum absolute atomic E-state index is 12.9. The first kappa shape index (κ1) is 85.9. The fourth-order valence-electron chi connectivity index (χ4n) is 9.85. The van der Waals surface area contributed by atoms with Crippen molar-refractivity contribution in [3.05, 3.63) is 146 Å². The first-order chi connectivity index (χ1) is 44.0. The van der Waals surface area contributed by atoms with Crippen molar-refractivity contribution in [2.45, 2.75) is 302 Å². The van der Waals surface area contributed by atoms with Crippen LogP contribution in [0.2, 0.25) is 0 Å². The summed E-state index contributed by atoms with van der Waals surface area (Å²) in [5, 5.41) is 0. The van der Waals surface area contributed by atoms with Crippen LogP contribution in [0.1, 0.15) is 296 Å². The van der Waals surface area contributed by atoms with Crippen molar-refractivity contribution in [1.29, 1.82) is 0 Å². The molecular formula is C80H137NO8P+. The minimum atomic E-state index is -4.40. The summed E-state index contributed by atoms with van der Waals surface area (Å²) in [6.45, 7) is 4.21. The van der Waals surface area contributed by atoms with Crippen LogP contribution >= 0.6 is 7.82 Å². The van der Waals surface area contributed by atoms with Gasteiger partial charge in [0, 0.05) is 12.8 Å². The third-order valence-corrected chi connectivity index (χ3v) is 16.3. The summed E-state index contributed by atoms with van der Waals surface area (Å²) < 4.78 is 34.8. The number of esters is 2. The Bertz CT molecular complexity index is 2030. The van der Waals surface area contributed by atoms with Crippen LogP contribution in [-0.2, 0) is 32.7 Å². The normalized spacial score (nSPS) is 14.0. The van der Waals surface area contributed by atoms with Crippen molar-refractivity contribution in [3.8, 4) is 0 Å². The molecule has 10 heteroatoms. The summed E-state index contributed by atoms with van der Waals surface area (Å²) in [5.41, 5.74) is 0. The van der Waals surface area contributed by atoms with Crippen LogP contribution in [0.3, 0.4) is 0 Å². The first-order valence-electron chi connectivity index (χ1n) is 36.6. The van der Waals surface area contributed by atoms with Gasteiger partial charge in [-0.05, 0) is 116 Å². The zero-order valence-electron chi connectivity index (χ0n) is 58.6. The monoisotopic (exact) mass is 1270 g/mol. The van der Waals surface area contributed by atoms with Crippen LogP contribution in [0.15, 0.2) is 146 Å². The van der Waals surface area contributed by atoms with Crippen molar-refractivity contribution >= 4 is 19.8 Å². The van der Waals surface area contributed by atoms with Gasteiger partial charge in [0.25, 0.3) is 0 Å². The molecule has 90 heavy (non-hydrogen) atoms. The van der Waals surface area contributed by atoms with Gasteiger partial charge in [0.05, 0.1) is 27.7 Å². The van der Waals surface area contributed by atoms with Crippen LogP contribution in [0, 0.1) is 0 Å². The van der Waals surface area contributed by atoms with Crippen LogP contribution in [0.4, 0.5) is 0 Å². The quantitative estimate of drug-likeness (QED) is 0.0211. The van der Waals surface area contributed by atoms with E-state index in [-0.39, 0.29) is 32.0 Å². The number of phosphoric ester groups is 1. The summed E-state index contributed by atoms with van der Waals surface area (Å²) in [6.07, 6.45) is 102. The number of nitrogens with zero attached hydrogens (tertiary/aromatic N) is 1. The number of phosphoric acid groups is 1. The minimum absolute atomic E-state index is 0.0250. The molecule has 9 nitrogen and oxygen atoms in total. The number of carbonyl (C=O) groups is 2. The Kier molecular flexibility index (Phi) is 66.1. The van der Waals surface area contributed by atoms with Gasteiger partial charge in [0.1, 0.15) is 19.8 Å². The molecular weight excluding hydrogens is 1130 g/mol. The largest absolute Gasteiger partial charge is 0.472 e. The Balaban J connectivity index is 4.05. The van der Waals surface area contributed by atoms with Crippen LogP contribution in [-0.4, -0.2) is 74.9 Å². The number of quaternary nitrogens is 1. The molecule has 0 amide bonds. The lowest BCUT2D eigenvalue weighted by Gasteiger charge is -2.24. The lowest BCUT2D eigenvalue weighted by Crippen LogP contribution is -2.37. The summed E-state index contributed by atoms with van der Waals surface area (Å²) in [5.74, 6) is -0.803. The standard InChI is InChI=1S/C80H136NO8P/c1-6-8-10-12-14-16-18-20-22-24-26-28-30-32-34-36-38-39-40-41-43-44-46-48-50-52-54-56-58-60-62-64-66-68-70-72-79(82)86-76-78(77-88-90(84,85)87-75-74-81(3,4)5)89-80(83)73-71-69-67-65-63-61-59-57-55-53-51-49-47-45-42-37-35-33-31-29-27-25-23-21-19-17-15-13-11-9-7-2/h8-11,14-17,20-23,26-29,32-35,42,45,49,51,78H,6-7,12-13,18-19,24-25,30-31,36-41,43-44,46-48,50,52-77H2,1-5H3/p+1/b10-8-,11-9-,16-14-,17-15-,22-20-,23-21-,28-26-,29-27-,34-32-,35-33-,45-42-,51-49-. The number of unbranched alkanes of at least 4 members (excludes halogenated alkanes) is 28. The van der Waals surface area contributed by atoms with Crippen molar-refractivity contribution in [2.24, 2.45) is 0 Å². The van der Waals surface area contributed by atoms with Gasteiger partial charge >= 0.3 is 19.8 Å². The second kappa shape index (κ2) is 69.2. The third-order valence-electron chi connectivity index (χ3n) is 15.4. The van der Waals surface area contributed by atoms with Gasteiger partial charge in [-0.25, -0.2) is 4.57 Å². The van der Waals surface area contributed by atoms with E-state index in [2.05, 4.69) is 160 Å². The number of ether oxygens (including phenoxy) is 2. The molecule has 0 rings (SSSR count). The molecule has 0 saturated heterocycles. The number of rotatable bonds is 66. The van der Waals surface area contributed by atoms with Crippen molar-refractivity contribution < 1.29 is 42.1 Å². The van der Waals surface area contributed by atoms with E-state index in [1.165, 1.54) is 141 Å². The van der Waals surface area contributed by atoms with Crippen LogP contribution in [0.5, 0.6) is 0 Å². The first-order valence-corrected chi connectivity index (χ1v) is 38.1. The lowest BCUT2D eigenvalue weighted by molar-refractivity contribution is -0.870. The topological polar surface area (TPSA) is 108 Å². The fourth-order valence-corrected chi connectivity index (χ4v) is 10.6. The van der Waals surface area contributed by atoms with Gasteiger partial charge in [-0.3, -0.25) is 18.6 Å². The zero-order chi connectivity index (χ0) is 65.5. The molecule has 0 aromatic rings. The molecule has 0 radical (unpaired) electrons. The highest BCUT2D eigenvalue weighted by molar-refractivity contribution is 7.47. The average Bonchev–Trinajstić information content (AvgIpc) is 3.58. The molecule has 514 valence electrons. The molecule has 0 spiro atoms. The number of hydrogen-bond donors (Lipinski definition) is 1. The lowest BCUT2D eigenvalue weighted by atomic mass is 10.0. The Morgan fingerprint density at radius 1 is 0.344 bits per heavy atom. The van der Waals surface area contributed by atoms with Crippen LogP contribution < -0.4 is 0 Å². The smallest absolute Gasteiger partial charge is 0.462 e. The van der Waals surface area contributed by atoms with E-state index < -0.39 is 26.5 Å². The molecule has 0 saturated carbocycles. The average molecular weight is 1270 g/mol. The van der Waals surface area contributed by atoms with Crippen molar-refractivity contribution in [1.82, 2.24) is 0 Å². The molecule has 0 bridgehead atoms. The molecule has 0 aliphatic rings.